The van der Waals surface area contributed by atoms with Crippen molar-refractivity contribution in [1.29, 1.82) is 0 Å². The molecular weight excluding hydrogens is 276 g/mol. The monoisotopic (exact) mass is 294 g/mol. The summed E-state index contributed by atoms with van der Waals surface area (Å²) in [5, 5.41) is 2.65. The van der Waals surface area contributed by atoms with Gasteiger partial charge >= 0.3 is 0 Å². The summed E-state index contributed by atoms with van der Waals surface area (Å²) in [4.78, 5) is 11.9. The summed E-state index contributed by atoms with van der Waals surface area (Å²) in [5.41, 5.74) is 0.437. The van der Waals surface area contributed by atoms with Crippen molar-refractivity contribution < 1.29 is 13.2 Å². The number of nitrogens with one attached hydrogen (secondary N) is 1. The first-order chi connectivity index (χ1) is 9.55. The summed E-state index contributed by atoms with van der Waals surface area (Å²) >= 11 is 0. The number of hydrogen-bond donors (Lipinski definition) is 1. The highest BCUT2D eigenvalue weighted by Crippen LogP contribution is 2.20. The number of rotatable bonds is 5. The molecule has 1 fully saturated rings. The van der Waals surface area contributed by atoms with Crippen molar-refractivity contribution in [2.24, 2.45) is 0 Å². The van der Waals surface area contributed by atoms with Gasteiger partial charge in [-0.05, 0) is 37.1 Å². The summed E-state index contributed by atoms with van der Waals surface area (Å²) in [6.07, 6.45) is 3.40. The standard InChI is InChI=1S/C14H18N2O3S/c1-2-9-15-14(17)12-5-7-13(8-6-12)20(18,19)16-10-3-4-11-16/h2,5-8H,1,3-4,9-11H2,(H,15,17). The molecule has 0 unspecified atom stereocenters. The summed E-state index contributed by atoms with van der Waals surface area (Å²) in [6.45, 7) is 5.05. The minimum absolute atomic E-state index is 0.236. The fourth-order valence-electron chi connectivity index (χ4n) is 2.12. The highest BCUT2D eigenvalue weighted by atomic mass is 32.2. The first-order valence-electron chi connectivity index (χ1n) is 6.55. The molecule has 1 aliphatic heterocycles. The third kappa shape index (κ3) is 3.08. The number of benzene rings is 1. The van der Waals surface area contributed by atoms with Crippen molar-refractivity contribution in [3.63, 3.8) is 0 Å². The number of carbonyl (C=O) groups excluding carboxylic acids is 1. The lowest BCUT2D eigenvalue weighted by atomic mass is 10.2. The smallest absolute Gasteiger partial charge is 0.251 e. The second-order valence-electron chi connectivity index (χ2n) is 4.63. The van der Waals surface area contributed by atoms with Crippen molar-refractivity contribution in [1.82, 2.24) is 9.62 Å². The van der Waals surface area contributed by atoms with Crippen LogP contribution in [-0.4, -0.2) is 38.3 Å². The lowest BCUT2D eigenvalue weighted by Gasteiger charge is -2.15. The number of sulfonamides is 1. The van der Waals surface area contributed by atoms with Gasteiger partial charge in [0, 0.05) is 25.2 Å². The largest absolute Gasteiger partial charge is 0.349 e. The Bertz CT molecular complexity index is 587. The molecule has 20 heavy (non-hydrogen) atoms. The van der Waals surface area contributed by atoms with Crippen LogP contribution in [0.4, 0.5) is 0 Å². The Labute approximate surface area is 119 Å². The van der Waals surface area contributed by atoms with Crippen LogP contribution in [0.1, 0.15) is 23.2 Å². The second kappa shape index (κ2) is 6.19. The number of nitrogens with zero attached hydrogens (tertiary/aromatic N) is 1. The Morgan fingerprint density at radius 1 is 1.25 bits per heavy atom. The van der Waals surface area contributed by atoms with Gasteiger partial charge < -0.3 is 5.32 Å². The average Bonchev–Trinajstić information content (AvgIpc) is 3.00. The van der Waals surface area contributed by atoms with Gasteiger partial charge in [-0.2, -0.15) is 4.31 Å². The predicted octanol–water partition coefficient (Wildman–Crippen LogP) is 1.39. The summed E-state index contributed by atoms with van der Waals surface area (Å²) < 4.78 is 26.1. The van der Waals surface area contributed by atoms with E-state index in [1.165, 1.54) is 28.6 Å². The van der Waals surface area contributed by atoms with E-state index in [2.05, 4.69) is 11.9 Å². The quantitative estimate of drug-likeness (QED) is 0.834. The lowest BCUT2D eigenvalue weighted by molar-refractivity contribution is 0.0958. The molecule has 1 aromatic carbocycles. The van der Waals surface area contributed by atoms with Gasteiger partial charge in [-0.3, -0.25) is 4.79 Å². The molecule has 1 amide bonds. The SMILES string of the molecule is C=CCNC(=O)c1ccc(S(=O)(=O)N2CCCC2)cc1. The molecule has 1 N–H and O–H groups in total. The van der Waals surface area contributed by atoms with Gasteiger partial charge in [-0.25, -0.2) is 8.42 Å². The van der Waals surface area contributed by atoms with Gasteiger partial charge in [0.05, 0.1) is 4.90 Å². The van der Waals surface area contributed by atoms with Crippen molar-refractivity contribution >= 4 is 15.9 Å². The summed E-state index contributed by atoms with van der Waals surface area (Å²) in [7, 11) is -3.41. The van der Waals surface area contributed by atoms with Crippen LogP contribution < -0.4 is 5.32 Å². The number of carbonyl (C=O) groups is 1. The van der Waals surface area contributed by atoms with Crippen LogP contribution in [0.25, 0.3) is 0 Å². The fourth-order valence-corrected chi connectivity index (χ4v) is 3.64. The van der Waals surface area contributed by atoms with Gasteiger partial charge in [0.15, 0.2) is 0 Å². The van der Waals surface area contributed by atoms with E-state index in [4.69, 9.17) is 0 Å². The van der Waals surface area contributed by atoms with Gasteiger partial charge in [-0.15, -0.1) is 6.58 Å². The van der Waals surface area contributed by atoms with E-state index in [-0.39, 0.29) is 10.8 Å². The highest BCUT2D eigenvalue weighted by Gasteiger charge is 2.27. The Morgan fingerprint density at radius 2 is 1.85 bits per heavy atom. The Kier molecular flexibility index (Phi) is 4.57. The van der Waals surface area contributed by atoms with Crippen molar-refractivity contribution in [2.45, 2.75) is 17.7 Å². The maximum atomic E-state index is 12.3. The molecule has 2 rings (SSSR count). The van der Waals surface area contributed by atoms with Crippen molar-refractivity contribution in [3.8, 4) is 0 Å². The van der Waals surface area contributed by atoms with E-state index < -0.39 is 10.0 Å². The molecule has 6 heteroatoms. The molecule has 0 saturated carbocycles. The molecular formula is C14H18N2O3S. The van der Waals surface area contributed by atoms with Gasteiger partial charge in [0.2, 0.25) is 10.0 Å². The topological polar surface area (TPSA) is 66.5 Å². The van der Waals surface area contributed by atoms with E-state index >= 15 is 0 Å². The maximum Gasteiger partial charge on any atom is 0.251 e. The lowest BCUT2D eigenvalue weighted by Crippen LogP contribution is -2.28. The zero-order valence-corrected chi connectivity index (χ0v) is 12.0. The third-order valence-corrected chi connectivity index (χ3v) is 5.14. The van der Waals surface area contributed by atoms with Crippen LogP contribution in [0.5, 0.6) is 0 Å². The van der Waals surface area contributed by atoms with E-state index in [0.717, 1.165) is 12.8 Å². The normalized spacial score (nSPS) is 16.0. The van der Waals surface area contributed by atoms with Crippen LogP contribution >= 0.6 is 0 Å². The molecule has 5 nitrogen and oxygen atoms in total. The molecule has 0 aliphatic carbocycles. The second-order valence-corrected chi connectivity index (χ2v) is 6.57. The summed E-state index contributed by atoms with van der Waals surface area (Å²) in [5.74, 6) is -0.241. The van der Waals surface area contributed by atoms with Crippen LogP contribution in [-0.2, 0) is 10.0 Å². The molecule has 1 heterocycles. The minimum atomic E-state index is -3.41. The van der Waals surface area contributed by atoms with Gasteiger partial charge in [0.25, 0.3) is 5.91 Å². The van der Waals surface area contributed by atoms with Crippen molar-refractivity contribution in [3.05, 3.63) is 42.5 Å². The van der Waals surface area contributed by atoms with Crippen LogP contribution in [0.15, 0.2) is 41.8 Å². The molecule has 0 bridgehead atoms. The molecule has 0 aromatic heterocycles. The van der Waals surface area contributed by atoms with Crippen LogP contribution in [0, 0.1) is 0 Å². The van der Waals surface area contributed by atoms with Gasteiger partial charge in [-0.1, -0.05) is 6.08 Å². The summed E-state index contributed by atoms with van der Waals surface area (Å²) in [6, 6.07) is 6.02. The Hall–Kier alpha value is -1.66. The van der Waals surface area contributed by atoms with E-state index in [0.29, 0.717) is 25.2 Å². The third-order valence-electron chi connectivity index (χ3n) is 3.23. The first kappa shape index (κ1) is 14.7. The number of hydrogen-bond acceptors (Lipinski definition) is 3. The first-order valence-corrected chi connectivity index (χ1v) is 7.99. The zero-order valence-electron chi connectivity index (χ0n) is 11.2. The van der Waals surface area contributed by atoms with E-state index in [1.54, 1.807) is 6.08 Å². The van der Waals surface area contributed by atoms with Crippen LogP contribution in [0.3, 0.4) is 0 Å². The molecule has 1 aromatic rings. The number of amides is 1. The molecule has 1 saturated heterocycles. The molecule has 0 spiro atoms. The fraction of sp³-hybridized carbons (Fsp3) is 0.357. The molecule has 1 aliphatic rings. The molecule has 0 atom stereocenters. The van der Waals surface area contributed by atoms with Crippen molar-refractivity contribution in [2.75, 3.05) is 19.6 Å². The predicted molar refractivity (Wildman–Crippen MR) is 77.0 cm³/mol. The van der Waals surface area contributed by atoms with Gasteiger partial charge in [0.1, 0.15) is 0 Å². The Morgan fingerprint density at radius 3 is 2.40 bits per heavy atom. The minimum Gasteiger partial charge on any atom is -0.349 e. The zero-order chi connectivity index (χ0) is 14.6. The van der Waals surface area contributed by atoms with Crippen LogP contribution in [0.2, 0.25) is 0 Å². The highest BCUT2D eigenvalue weighted by molar-refractivity contribution is 7.89. The van der Waals surface area contributed by atoms with E-state index in [1.807, 2.05) is 0 Å². The maximum absolute atomic E-state index is 12.3. The average molecular weight is 294 g/mol. The van der Waals surface area contributed by atoms with E-state index in [9.17, 15) is 13.2 Å². The molecule has 0 radical (unpaired) electrons. The molecule has 108 valence electrons. The Balaban J connectivity index is 2.15.